The van der Waals surface area contributed by atoms with Crippen LogP contribution < -0.4 is 10.6 Å². The lowest BCUT2D eigenvalue weighted by atomic mass is 10.0. The molecule has 0 saturated carbocycles. The number of non-ortho nitro benzene ring substituents is 1. The van der Waals surface area contributed by atoms with Gasteiger partial charge in [0.1, 0.15) is 18.9 Å². The van der Waals surface area contributed by atoms with Crippen molar-refractivity contribution in [2.75, 3.05) is 11.1 Å². The number of alkyl carbamates (subject to hydrolysis) is 1. The summed E-state index contributed by atoms with van der Waals surface area (Å²) in [6.07, 6.45) is 1.32. The van der Waals surface area contributed by atoms with Crippen molar-refractivity contribution in [3.05, 3.63) is 73.8 Å². The lowest BCUT2D eigenvalue weighted by molar-refractivity contribution is -0.384. The molecule has 236 valence electrons. The first kappa shape index (κ1) is 37.2. The van der Waals surface area contributed by atoms with Crippen LogP contribution in [0.2, 0.25) is 0 Å². The number of benzene rings is 2. The van der Waals surface area contributed by atoms with Gasteiger partial charge in [0.15, 0.2) is 5.12 Å². The summed E-state index contributed by atoms with van der Waals surface area (Å²) in [4.78, 5) is 56.3. The van der Waals surface area contributed by atoms with Crippen LogP contribution in [0.1, 0.15) is 65.0 Å². The van der Waals surface area contributed by atoms with Crippen LogP contribution in [-0.4, -0.2) is 43.7 Å². The molecule has 43 heavy (non-hydrogen) atoms. The fourth-order valence-corrected chi connectivity index (χ4v) is 4.49. The van der Waals surface area contributed by atoms with E-state index in [-0.39, 0.29) is 29.7 Å². The number of thiol groups is 1. The molecular weight excluding hydrogens is 600 g/mol. The number of amides is 2. The maximum atomic E-state index is 12.2. The Labute approximate surface area is 260 Å². The van der Waals surface area contributed by atoms with Crippen LogP contribution in [0.3, 0.4) is 0 Å². The van der Waals surface area contributed by atoms with E-state index in [9.17, 15) is 34.6 Å². The average molecular weight is 639 g/mol. The van der Waals surface area contributed by atoms with E-state index < -0.39 is 33.3 Å². The van der Waals surface area contributed by atoms with E-state index in [1.165, 1.54) is 56.2 Å². The Bertz CT molecular complexity index is 1260. The second-order valence-corrected chi connectivity index (χ2v) is 12.2. The normalized spacial score (nSPS) is 11.3. The lowest BCUT2D eigenvalue weighted by Gasteiger charge is -2.25. The van der Waals surface area contributed by atoms with Gasteiger partial charge in [-0.2, -0.15) is 12.6 Å². The molecule has 13 nitrogen and oxygen atoms in total. The molecule has 0 spiro atoms. The predicted molar refractivity (Wildman–Crippen MR) is 169 cm³/mol. The number of hydrogen-bond acceptors (Lipinski definition) is 11. The van der Waals surface area contributed by atoms with Crippen molar-refractivity contribution < 1.29 is 33.7 Å². The van der Waals surface area contributed by atoms with E-state index in [1.54, 1.807) is 13.8 Å². The van der Waals surface area contributed by atoms with Crippen molar-refractivity contribution >= 4 is 58.8 Å². The Balaban J connectivity index is 0.00000139. The summed E-state index contributed by atoms with van der Waals surface area (Å²) < 4.78 is 10.2. The number of rotatable bonds is 13. The lowest BCUT2D eigenvalue weighted by Crippen LogP contribution is -2.44. The van der Waals surface area contributed by atoms with Crippen LogP contribution >= 0.6 is 24.4 Å². The second kappa shape index (κ2) is 18.6. The molecule has 2 aromatic rings. The third-order valence-corrected chi connectivity index (χ3v) is 6.63. The number of thioether (sulfide) groups is 1. The van der Waals surface area contributed by atoms with E-state index >= 15 is 0 Å². The molecule has 1 unspecified atom stereocenters. The first-order valence-electron chi connectivity index (χ1n) is 13.3. The molecule has 0 heterocycles. The third-order valence-electron chi connectivity index (χ3n) is 5.56. The minimum Gasteiger partial charge on any atom is -0.445 e. The zero-order valence-electron chi connectivity index (χ0n) is 24.8. The Morgan fingerprint density at radius 2 is 1.56 bits per heavy atom. The number of nitro groups is 2. The number of nitrogens with one attached hydrogen (secondary N) is 2. The van der Waals surface area contributed by atoms with Gasteiger partial charge in [0.25, 0.3) is 11.4 Å². The number of nitro benzene ring substituents is 2. The average Bonchev–Trinajstić information content (AvgIpc) is 2.90. The van der Waals surface area contributed by atoms with Crippen LogP contribution in [0.5, 0.6) is 0 Å². The molecule has 0 aliphatic rings. The Hall–Kier alpha value is -3.85. The van der Waals surface area contributed by atoms with Gasteiger partial charge >= 0.3 is 12.2 Å². The van der Waals surface area contributed by atoms with Gasteiger partial charge in [0, 0.05) is 36.4 Å². The molecule has 2 rings (SSSR count). The number of hydrogen-bond donors (Lipinski definition) is 3. The zero-order valence-corrected chi connectivity index (χ0v) is 26.5. The van der Waals surface area contributed by atoms with Crippen molar-refractivity contribution in [2.45, 2.75) is 77.9 Å². The van der Waals surface area contributed by atoms with Crippen LogP contribution in [0.15, 0.2) is 42.5 Å². The number of nitrogens with zero attached hydrogens (tertiary/aromatic N) is 2. The molecule has 0 bridgehead atoms. The Morgan fingerprint density at radius 1 is 0.977 bits per heavy atom. The van der Waals surface area contributed by atoms with Crippen molar-refractivity contribution in [3.63, 3.8) is 0 Å². The van der Waals surface area contributed by atoms with Crippen LogP contribution in [0.4, 0.5) is 26.7 Å². The van der Waals surface area contributed by atoms with Gasteiger partial charge in [-0.05, 0) is 67.3 Å². The van der Waals surface area contributed by atoms with Gasteiger partial charge in [0.2, 0.25) is 0 Å². The van der Waals surface area contributed by atoms with Gasteiger partial charge in [-0.3, -0.25) is 30.3 Å². The van der Waals surface area contributed by atoms with Crippen LogP contribution in [-0.2, 0) is 27.5 Å². The molecular formula is C28H38N4O9S2. The molecule has 2 amide bonds. The van der Waals surface area contributed by atoms with Crippen molar-refractivity contribution in [3.8, 4) is 0 Å². The molecule has 0 radical (unpaired) electrons. The Kier molecular flexibility index (Phi) is 16.1. The first-order chi connectivity index (χ1) is 20.1. The molecule has 1 atom stereocenters. The van der Waals surface area contributed by atoms with Crippen molar-refractivity contribution in [2.24, 2.45) is 0 Å². The standard InChI is InChI=1S/C23H26N4O9S.C5H12S/c1-15(28)37-11-10-23(2,3)25-22(30)36-14-17-6-9-20(27(33)34)19(12-17)24-21(29)35-13-16-4-7-18(8-5-16)26(31)32;1-3-4-5(2)6/h4-9,12H,10-11,13-14H2,1-3H3,(H,24,29)(H,25,30);5-6H,3-4H2,1-2H3. The predicted octanol–water partition coefficient (Wildman–Crippen LogP) is 7.03. The zero-order chi connectivity index (χ0) is 32.6. The van der Waals surface area contributed by atoms with E-state index in [2.05, 4.69) is 37.1 Å². The van der Waals surface area contributed by atoms with E-state index in [1.807, 2.05) is 0 Å². The second-order valence-electron chi connectivity index (χ2n) is 10.0. The summed E-state index contributed by atoms with van der Waals surface area (Å²) >= 11 is 5.33. The molecule has 0 aliphatic carbocycles. The quantitative estimate of drug-likeness (QED) is 0.117. The summed E-state index contributed by atoms with van der Waals surface area (Å²) in [5, 5.41) is 27.7. The van der Waals surface area contributed by atoms with E-state index in [0.717, 1.165) is 17.8 Å². The summed E-state index contributed by atoms with van der Waals surface area (Å²) in [5.41, 5.74) is -0.462. The number of carbonyl (C=O) groups is 3. The van der Waals surface area contributed by atoms with Crippen LogP contribution in [0, 0.1) is 20.2 Å². The SMILES string of the molecule is CC(=O)SCCC(C)(C)NC(=O)OCc1ccc([N+](=O)[O-])c(NC(=O)OCc2ccc([N+](=O)[O-])cc2)c1.CCCC(C)S. The minimum absolute atomic E-state index is 0.0174. The Morgan fingerprint density at radius 3 is 2.07 bits per heavy atom. The number of anilines is 1. The highest BCUT2D eigenvalue weighted by Gasteiger charge is 2.22. The summed E-state index contributed by atoms with van der Waals surface area (Å²) in [6, 6.07) is 9.17. The maximum Gasteiger partial charge on any atom is 0.412 e. The number of ether oxygens (including phenoxy) is 2. The smallest absolute Gasteiger partial charge is 0.412 e. The third kappa shape index (κ3) is 15.8. The highest BCUT2D eigenvalue weighted by Crippen LogP contribution is 2.26. The molecule has 0 saturated heterocycles. The topological polar surface area (TPSA) is 180 Å². The molecule has 0 fully saturated rings. The van der Waals surface area contributed by atoms with Crippen molar-refractivity contribution in [1.82, 2.24) is 5.32 Å². The minimum atomic E-state index is -0.984. The fourth-order valence-electron chi connectivity index (χ4n) is 3.33. The van der Waals surface area contributed by atoms with Gasteiger partial charge in [-0.15, -0.1) is 0 Å². The first-order valence-corrected chi connectivity index (χ1v) is 14.8. The van der Waals surface area contributed by atoms with Gasteiger partial charge in [-0.1, -0.05) is 32.0 Å². The molecule has 2 N–H and O–H groups in total. The highest BCUT2D eigenvalue weighted by atomic mass is 32.2. The molecule has 2 aromatic carbocycles. The maximum absolute atomic E-state index is 12.2. The number of carbonyl (C=O) groups excluding carboxylic acids is 3. The van der Waals surface area contributed by atoms with Gasteiger partial charge < -0.3 is 14.8 Å². The largest absolute Gasteiger partial charge is 0.445 e. The van der Waals surface area contributed by atoms with Crippen LogP contribution in [0.25, 0.3) is 0 Å². The summed E-state index contributed by atoms with van der Waals surface area (Å²) in [6.45, 7) is 8.87. The van der Waals surface area contributed by atoms with Gasteiger partial charge in [-0.25, -0.2) is 9.59 Å². The highest BCUT2D eigenvalue weighted by molar-refractivity contribution is 8.13. The molecule has 0 aliphatic heterocycles. The van der Waals surface area contributed by atoms with E-state index in [0.29, 0.717) is 28.6 Å². The fraction of sp³-hybridized carbons (Fsp3) is 0.464. The van der Waals surface area contributed by atoms with Crippen molar-refractivity contribution in [1.29, 1.82) is 0 Å². The monoisotopic (exact) mass is 638 g/mol. The summed E-state index contributed by atoms with van der Waals surface area (Å²) in [5.74, 6) is 0.528. The van der Waals surface area contributed by atoms with E-state index in [4.69, 9.17) is 9.47 Å². The molecule has 0 aromatic heterocycles. The molecule has 15 heteroatoms. The summed E-state index contributed by atoms with van der Waals surface area (Å²) in [7, 11) is 0. The van der Waals surface area contributed by atoms with Gasteiger partial charge in [0.05, 0.1) is 9.85 Å².